The second-order valence-electron chi connectivity index (χ2n) is 4.72. The first-order valence-corrected chi connectivity index (χ1v) is 7.06. The van der Waals surface area contributed by atoms with Crippen LogP contribution in [-0.4, -0.2) is 31.3 Å². The fourth-order valence-corrected chi connectivity index (χ4v) is 1.95. The standard InChI is InChI=1S/C15H26N2O2/c1-5-9-16-14(6-2)15-8-7-13(10-17-15)19-12(3)11-18-4/h7-8,10,12,14,16H,5-6,9,11H2,1-4H3. The minimum absolute atomic E-state index is 0.0397. The van der Waals surface area contributed by atoms with E-state index in [1.165, 1.54) is 0 Å². The fourth-order valence-electron chi connectivity index (χ4n) is 1.95. The Morgan fingerprint density at radius 1 is 1.32 bits per heavy atom. The molecule has 0 amide bonds. The number of methoxy groups -OCH3 is 1. The maximum Gasteiger partial charge on any atom is 0.138 e. The highest BCUT2D eigenvalue weighted by Gasteiger charge is 2.10. The minimum Gasteiger partial charge on any atom is -0.487 e. The smallest absolute Gasteiger partial charge is 0.138 e. The SMILES string of the molecule is CCCNC(CC)c1ccc(OC(C)COC)cn1. The zero-order valence-corrected chi connectivity index (χ0v) is 12.5. The predicted molar refractivity (Wildman–Crippen MR) is 77.5 cm³/mol. The summed E-state index contributed by atoms with van der Waals surface area (Å²) < 4.78 is 10.7. The van der Waals surface area contributed by atoms with Crippen molar-refractivity contribution < 1.29 is 9.47 Å². The summed E-state index contributed by atoms with van der Waals surface area (Å²) in [6.07, 6.45) is 4.00. The van der Waals surface area contributed by atoms with Gasteiger partial charge in [0.25, 0.3) is 0 Å². The maximum absolute atomic E-state index is 5.70. The molecular formula is C15H26N2O2. The number of ether oxygens (including phenoxy) is 2. The molecule has 0 radical (unpaired) electrons. The van der Waals surface area contributed by atoms with E-state index in [0.29, 0.717) is 12.6 Å². The molecular weight excluding hydrogens is 240 g/mol. The van der Waals surface area contributed by atoms with Crippen LogP contribution in [0.15, 0.2) is 18.3 Å². The number of hydrogen-bond acceptors (Lipinski definition) is 4. The van der Waals surface area contributed by atoms with E-state index in [1.807, 2.05) is 19.1 Å². The molecule has 0 aliphatic carbocycles. The van der Waals surface area contributed by atoms with Crippen LogP contribution in [0.25, 0.3) is 0 Å². The van der Waals surface area contributed by atoms with Crippen LogP contribution >= 0.6 is 0 Å². The third-order valence-corrected chi connectivity index (χ3v) is 2.90. The highest BCUT2D eigenvalue weighted by atomic mass is 16.5. The molecule has 2 atom stereocenters. The summed E-state index contributed by atoms with van der Waals surface area (Å²) in [6, 6.07) is 4.33. The van der Waals surface area contributed by atoms with Gasteiger partial charge in [0.1, 0.15) is 11.9 Å². The van der Waals surface area contributed by atoms with Gasteiger partial charge in [0.05, 0.1) is 18.5 Å². The Kier molecular flexibility index (Phi) is 7.45. The lowest BCUT2D eigenvalue weighted by molar-refractivity contribution is 0.0918. The molecule has 1 aromatic heterocycles. The van der Waals surface area contributed by atoms with Crippen LogP contribution in [0.4, 0.5) is 0 Å². The van der Waals surface area contributed by atoms with Crippen LogP contribution < -0.4 is 10.1 Å². The van der Waals surface area contributed by atoms with E-state index in [2.05, 4.69) is 24.1 Å². The summed E-state index contributed by atoms with van der Waals surface area (Å²) in [6.45, 7) is 7.91. The molecule has 19 heavy (non-hydrogen) atoms. The van der Waals surface area contributed by atoms with Crippen LogP contribution in [0.5, 0.6) is 5.75 Å². The zero-order valence-electron chi connectivity index (χ0n) is 12.5. The van der Waals surface area contributed by atoms with Crippen molar-refractivity contribution >= 4 is 0 Å². The van der Waals surface area contributed by atoms with E-state index in [-0.39, 0.29) is 6.10 Å². The van der Waals surface area contributed by atoms with Crippen molar-refractivity contribution in [1.82, 2.24) is 10.3 Å². The summed E-state index contributed by atoms with van der Waals surface area (Å²) in [7, 11) is 1.67. The van der Waals surface area contributed by atoms with Crippen molar-refractivity contribution in [3.63, 3.8) is 0 Å². The van der Waals surface area contributed by atoms with Gasteiger partial charge in [-0.15, -0.1) is 0 Å². The van der Waals surface area contributed by atoms with Gasteiger partial charge in [-0.1, -0.05) is 13.8 Å². The van der Waals surface area contributed by atoms with E-state index in [1.54, 1.807) is 13.3 Å². The summed E-state index contributed by atoms with van der Waals surface area (Å²) in [5, 5.41) is 3.49. The van der Waals surface area contributed by atoms with E-state index in [4.69, 9.17) is 9.47 Å². The first kappa shape index (κ1) is 15.9. The second-order valence-corrected chi connectivity index (χ2v) is 4.72. The van der Waals surface area contributed by atoms with Crippen molar-refractivity contribution in [2.24, 2.45) is 0 Å². The van der Waals surface area contributed by atoms with Crippen molar-refractivity contribution in [2.45, 2.75) is 45.8 Å². The quantitative estimate of drug-likeness (QED) is 0.746. The lowest BCUT2D eigenvalue weighted by atomic mass is 10.1. The first-order chi connectivity index (χ1) is 9.21. The van der Waals surface area contributed by atoms with Gasteiger partial charge >= 0.3 is 0 Å². The number of rotatable bonds is 9. The zero-order chi connectivity index (χ0) is 14.1. The lowest BCUT2D eigenvalue weighted by Gasteiger charge is -2.17. The first-order valence-electron chi connectivity index (χ1n) is 7.06. The number of nitrogens with zero attached hydrogens (tertiary/aromatic N) is 1. The predicted octanol–water partition coefficient (Wildman–Crippen LogP) is 2.95. The molecule has 1 N–H and O–H groups in total. The Morgan fingerprint density at radius 2 is 2.11 bits per heavy atom. The number of hydrogen-bond donors (Lipinski definition) is 1. The van der Waals surface area contributed by atoms with Crippen molar-refractivity contribution in [3.05, 3.63) is 24.0 Å². The molecule has 1 aromatic rings. The summed E-state index contributed by atoms with van der Waals surface area (Å²) in [4.78, 5) is 4.49. The third-order valence-electron chi connectivity index (χ3n) is 2.90. The average Bonchev–Trinajstić information content (AvgIpc) is 2.41. The summed E-state index contributed by atoms with van der Waals surface area (Å²) in [5.74, 6) is 0.790. The van der Waals surface area contributed by atoms with Crippen LogP contribution in [0.2, 0.25) is 0 Å². The van der Waals surface area contributed by atoms with Crippen LogP contribution in [-0.2, 0) is 4.74 Å². The van der Waals surface area contributed by atoms with Gasteiger partial charge in [0.2, 0.25) is 0 Å². The average molecular weight is 266 g/mol. The van der Waals surface area contributed by atoms with E-state index in [0.717, 1.165) is 30.8 Å². The Balaban J connectivity index is 2.58. The fraction of sp³-hybridized carbons (Fsp3) is 0.667. The second kappa shape index (κ2) is 8.88. The Morgan fingerprint density at radius 3 is 2.63 bits per heavy atom. The molecule has 108 valence electrons. The van der Waals surface area contributed by atoms with Crippen molar-refractivity contribution in [3.8, 4) is 5.75 Å². The van der Waals surface area contributed by atoms with Crippen LogP contribution in [0, 0.1) is 0 Å². The Hall–Kier alpha value is -1.13. The molecule has 0 aromatic carbocycles. The largest absolute Gasteiger partial charge is 0.487 e. The molecule has 4 heteroatoms. The number of pyridine rings is 1. The van der Waals surface area contributed by atoms with Crippen molar-refractivity contribution in [2.75, 3.05) is 20.3 Å². The van der Waals surface area contributed by atoms with Crippen LogP contribution in [0.1, 0.15) is 45.3 Å². The minimum atomic E-state index is 0.0397. The van der Waals surface area contributed by atoms with Gasteiger partial charge in [-0.2, -0.15) is 0 Å². The molecule has 1 heterocycles. The van der Waals surface area contributed by atoms with Crippen LogP contribution in [0.3, 0.4) is 0 Å². The third kappa shape index (κ3) is 5.57. The molecule has 0 fully saturated rings. The lowest BCUT2D eigenvalue weighted by Crippen LogP contribution is -2.22. The highest BCUT2D eigenvalue weighted by molar-refractivity contribution is 5.21. The topological polar surface area (TPSA) is 43.4 Å². The molecule has 1 rings (SSSR count). The molecule has 0 aliphatic heterocycles. The molecule has 2 unspecified atom stereocenters. The molecule has 0 saturated carbocycles. The molecule has 0 aliphatic rings. The van der Waals surface area contributed by atoms with Gasteiger partial charge in [0.15, 0.2) is 0 Å². The van der Waals surface area contributed by atoms with Gasteiger partial charge in [0, 0.05) is 13.2 Å². The van der Waals surface area contributed by atoms with E-state index in [9.17, 15) is 0 Å². The molecule has 4 nitrogen and oxygen atoms in total. The van der Waals surface area contributed by atoms with E-state index < -0.39 is 0 Å². The van der Waals surface area contributed by atoms with Gasteiger partial charge < -0.3 is 14.8 Å². The summed E-state index contributed by atoms with van der Waals surface area (Å²) in [5.41, 5.74) is 1.07. The molecule has 0 spiro atoms. The summed E-state index contributed by atoms with van der Waals surface area (Å²) >= 11 is 0. The number of nitrogens with one attached hydrogen (secondary N) is 1. The van der Waals surface area contributed by atoms with Crippen molar-refractivity contribution in [1.29, 1.82) is 0 Å². The molecule has 0 bridgehead atoms. The van der Waals surface area contributed by atoms with E-state index >= 15 is 0 Å². The van der Waals surface area contributed by atoms with Gasteiger partial charge in [-0.05, 0) is 38.4 Å². The molecule has 0 saturated heterocycles. The Labute approximate surface area is 116 Å². The highest BCUT2D eigenvalue weighted by Crippen LogP contribution is 2.18. The normalized spacial score (nSPS) is 14.1. The van der Waals surface area contributed by atoms with Gasteiger partial charge in [-0.25, -0.2) is 0 Å². The Bertz CT molecular complexity index is 341. The van der Waals surface area contributed by atoms with Gasteiger partial charge in [-0.3, -0.25) is 4.98 Å². The maximum atomic E-state index is 5.70. The number of aromatic nitrogens is 1. The monoisotopic (exact) mass is 266 g/mol.